The fourth-order valence-electron chi connectivity index (χ4n) is 3.83. The van der Waals surface area contributed by atoms with Crippen LogP contribution in [0.3, 0.4) is 0 Å². The van der Waals surface area contributed by atoms with Gasteiger partial charge in [0.25, 0.3) is 11.5 Å². The highest BCUT2D eigenvalue weighted by atomic mass is 32.2. The van der Waals surface area contributed by atoms with Crippen LogP contribution in [-0.4, -0.2) is 39.6 Å². The molecule has 0 saturated heterocycles. The molecule has 8 nitrogen and oxygen atoms in total. The van der Waals surface area contributed by atoms with Gasteiger partial charge in [-0.15, -0.1) is 13.2 Å². The average molecular weight is 520 g/mol. The molecule has 1 aliphatic rings. The molecule has 2 heterocycles. The number of carboxylic acids is 1. The molecule has 36 heavy (non-hydrogen) atoms. The van der Waals surface area contributed by atoms with Gasteiger partial charge in [-0.1, -0.05) is 36.4 Å². The van der Waals surface area contributed by atoms with E-state index in [-0.39, 0.29) is 12.3 Å². The largest absolute Gasteiger partial charge is 0.573 e. The van der Waals surface area contributed by atoms with Gasteiger partial charge in [-0.3, -0.25) is 14.4 Å². The van der Waals surface area contributed by atoms with Gasteiger partial charge in [0.2, 0.25) is 0 Å². The molecule has 0 fully saturated rings. The van der Waals surface area contributed by atoms with Gasteiger partial charge in [0.1, 0.15) is 23.6 Å². The average Bonchev–Trinajstić information content (AvgIpc) is 3.31. The van der Waals surface area contributed by atoms with Crippen LogP contribution >= 0.6 is 11.8 Å². The Morgan fingerprint density at radius 1 is 1.03 bits per heavy atom. The van der Waals surface area contributed by atoms with Crippen LogP contribution in [0.2, 0.25) is 0 Å². The molecule has 0 unspecified atom stereocenters. The number of ether oxygens (including phenoxy) is 1. The zero-order chi connectivity index (χ0) is 26.0. The second-order valence-corrected chi connectivity index (χ2v) is 8.86. The van der Waals surface area contributed by atoms with Crippen molar-refractivity contribution in [2.24, 2.45) is 0 Å². The minimum absolute atomic E-state index is 0.0971. The maximum atomic E-state index is 13.2. The minimum Gasteiger partial charge on any atom is -0.507 e. The summed E-state index contributed by atoms with van der Waals surface area (Å²) >= 11 is 1.47. The summed E-state index contributed by atoms with van der Waals surface area (Å²) in [6.45, 7) is -0.603. The smallest absolute Gasteiger partial charge is 0.507 e. The van der Waals surface area contributed by atoms with Gasteiger partial charge >= 0.3 is 12.3 Å². The van der Waals surface area contributed by atoms with Gasteiger partial charge in [0.15, 0.2) is 0 Å². The van der Waals surface area contributed by atoms with Crippen molar-refractivity contribution in [1.82, 2.24) is 9.88 Å². The van der Waals surface area contributed by atoms with E-state index >= 15 is 0 Å². The third-order valence-electron chi connectivity index (χ3n) is 5.48. The van der Waals surface area contributed by atoms with Gasteiger partial charge in [-0.05, 0) is 28.8 Å². The van der Waals surface area contributed by atoms with Crippen molar-refractivity contribution < 1.29 is 37.7 Å². The molecule has 1 aliphatic heterocycles. The zero-order valence-corrected chi connectivity index (χ0v) is 19.3. The number of hydrogen-bond donors (Lipinski definition) is 3. The van der Waals surface area contributed by atoms with Crippen molar-refractivity contribution >= 4 is 23.6 Å². The number of nitrogens with zero attached hydrogens (tertiary/aromatic N) is 1. The molecule has 0 aliphatic carbocycles. The van der Waals surface area contributed by atoms with Gasteiger partial charge in [-0.2, -0.15) is 11.8 Å². The molecule has 0 spiro atoms. The SMILES string of the molecule is O=C(O)CNC(=O)c1c(O)c2c(n(Cc3ccc(-c4ccc(OC(F)(F)F)cc4)cc3)c1=O)CSC2. The number of carboxylic acid groups (broad SMARTS) is 1. The number of benzene rings is 2. The van der Waals surface area contributed by atoms with E-state index in [1.165, 1.54) is 40.6 Å². The lowest BCUT2D eigenvalue weighted by Crippen LogP contribution is -2.37. The monoisotopic (exact) mass is 520 g/mol. The van der Waals surface area contributed by atoms with Gasteiger partial charge in [0, 0.05) is 22.8 Å². The molecular weight excluding hydrogens is 501 g/mol. The maximum Gasteiger partial charge on any atom is 0.573 e. The van der Waals surface area contributed by atoms with Crippen molar-refractivity contribution in [2.75, 3.05) is 6.54 Å². The van der Waals surface area contributed by atoms with E-state index in [9.17, 15) is 32.7 Å². The number of carbonyl (C=O) groups is 2. The lowest BCUT2D eigenvalue weighted by molar-refractivity contribution is -0.274. The fraction of sp³-hybridized carbons (Fsp3) is 0.208. The van der Waals surface area contributed by atoms with Crippen molar-refractivity contribution in [3.63, 3.8) is 0 Å². The summed E-state index contributed by atoms with van der Waals surface area (Å²) < 4.78 is 42.3. The van der Waals surface area contributed by atoms with Crippen LogP contribution in [0.1, 0.15) is 27.2 Å². The van der Waals surface area contributed by atoms with Crippen molar-refractivity contribution in [3.05, 3.63) is 81.3 Å². The number of thioether (sulfide) groups is 1. The number of halogens is 3. The van der Waals surface area contributed by atoms with Gasteiger partial charge in [-0.25, -0.2) is 0 Å². The Balaban J connectivity index is 1.60. The molecule has 3 N–H and O–H groups in total. The standard InChI is InChI=1S/C24H19F3N2O6S/c25-24(26,27)35-16-7-5-15(6-8-16)14-3-1-13(2-4-14)10-29-18-12-36-11-17(18)21(32)20(23(29)34)22(33)28-9-19(30)31/h1-8,32H,9-12H2,(H,28,33)(H,30,31). The lowest BCUT2D eigenvalue weighted by Gasteiger charge is -2.16. The number of aromatic nitrogens is 1. The first-order valence-corrected chi connectivity index (χ1v) is 11.7. The molecule has 2 aromatic carbocycles. The van der Waals surface area contributed by atoms with E-state index in [1.54, 1.807) is 24.3 Å². The predicted molar refractivity (Wildman–Crippen MR) is 125 cm³/mol. The maximum absolute atomic E-state index is 13.2. The topological polar surface area (TPSA) is 118 Å². The second-order valence-electron chi connectivity index (χ2n) is 7.88. The zero-order valence-electron chi connectivity index (χ0n) is 18.5. The summed E-state index contributed by atoms with van der Waals surface area (Å²) in [6.07, 6.45) is -4.77. The van der Waals surface area contributed by atoms with Crippen LogP contribution in [-0.2, 0) is 22.8 Å². The normalized spacial score (nSPS) is 12.8. The summed E-state index contributed by atoms with van der Waals surface area (Å²) in [6, 6.07) is 12.4. The van der Waals surface area contributed by atoms with Crippen LogP contribution in [0, 0.1) is 0 Å². The Morgan fingerprint density at radius 2 is 1.64 bits per heavy atom. The van der Waals surface area contributed by atoms with Crippen LogP contribution in [0.4, 0.5) is 13.2 Å². The van der Waals surface area contributed by atoms with E-state index < -0.39 is 41.7 Å². The predicted octanol–water partition coefficient (Wildman–Crippen LogP) is 3.73. The Bertz CT molecular complexity index is 1370. The molecule has 1 amide bonds. The summed E-state index contributed by atoms with van der Waals surface area (Å²) in [4.78, 5) is 36.4. The van der Waals surface area contributed by atoms with E-state index in [1.807, 2.05) is 0 Å². The molecule has 0 atom stereocenters. The van der Waals surface area contributed by atoms with Crippen molar-refractivity contribution in [1.29, 1.82) is 0 Å². The number of rotatable bonds is 7. The van der Waals surface area contributed by atoms with E-state index in [0.717, 1.165) is 5.56 Å². The number of pyridine rings is 1. The third-order valence-corrected chi connectivity index (χ3v) is 6.45. The Kier molecular flexibility index (Phi) is 6.97. The molecule has 4 rings (SSSR count). The molecule has 0 radical (unpaired) electrons. The summed E-state index contributed by atoms with van der Waals surface area (Å²) in [5.74, 6) is -2.17. The van der Waals surface area contributed by atoms with Crippen LogP contribution in [0.15, 0.2) is 53.3 Å². The number of hydrogen-bond acceptors (Lipinski definition) is 6. The third kappa shape index (κ3) is 5.48. The molecule has 3 aromatic rings. The number of nitrogens with one attached hydrogen (secondary N) is 1. The number of alkyl halides is 3. The molecule has 12 heteroatoms. The highest BCUT2D eigenvalue weighted by Crippen LogP contribution is 2.36. The summed E-state index contributed by atoms with van der Waals surface area (Å²) in [7, 11) is 0. The van der Waals surface area contributed by atoms with Crippen molar-refractivity contribution in [2.45, 2.75) is 24.4 Å². The lowest BCUT2D eigenvalue weighted by atomic mass is 10.0. The molecule has 188 valence electrons. The van der Waals surface area contributed by atoms with E-state index in [4.69, 9.17) is 5.11 Å². The number of amides is 1. The molecule has 1 aromatic heterocycles. The second kappa shape index (κ2) is 9.97. The van der Waals surface area contributed by atoms with Crippen LogP contribution in [0.5, 0.6) is 11.5 Å². The number of aromatic hydroxyl groups is 1. The minimum atomic E-state index is -4.77. The van der Waals surface area contributed by atoms with Crippen molar-refractivity contribution in [3.8, 4) is 22.6 Å². The Labute approximate surface area is 206 Å². The molecule has 0 saturated carbocycles. The first-order chi connectivity index (χ1) is 17.0. The van der Waals surface area contributed by atoms with Crippen LogP contribution in [0.25, 0.3) is 11.1 Å². The molecule has 0 bridgehead atoms. The highest BCUT2D eigenvalue weighted by Gasteiger charge is 2.31. The highest BCUT2D eigenvalue weighted by molar-refractivity contribution is 7.98. The van der Waals surface area contributed by atoms with E-state index in [0.29, 0.717) is 33.9 Å². The number of aliphatic carboxylic acids is 1. The Morgan fingerprint density at radius 3 is 2.22 bits per heavy atom. The molecular formula is C24H19F3N2O6S. The number of fused-ring (bicyclic) bond motifs is 1. The summed E-state index contributed by atoms with van der Waals surface area (Å²) in [5, 5.41) is 21.5. The van der Waals surface area contributed by atoms with Gasteiger partial charge in [0.05, 0.1) is 6.54 Å². The van der Waals surface area contributed by atoms with E-state index in [2.05, 4.69) is 10.1 Å². The Hall–Kier alpha value is -3.93. The fourth-order valence-corrected chi connectivity index (χ4v) is 4.96. The first-order valence-electron chi connectivity index (χ1n) is 10.5. The van der Waals surface area contributed by atoms with Crippen LogP contribution < -0.4 is 15.6 Å². The first kappa shape index (κ1) is 25.2. The quantitative estimate of drug-likeness (QED) is 0.435. The summed E-state index contributed by atoms with van der Waals surface area (Å²) in [5.41, 5.74) is 1.90. The van der Waals surface area contributed by atoms with Gasteiger partial charge < -0.3 is 24.8 Å². The number of carbonyl (C=O) groups excluding carboxylic acids is 1.